The van der Waals surface area contributed by atoms with E-state index in [4.69, 9.17) is 4.74 Å². The van der Waals surface area contributed by atoms with E-state index < -0.39 is 6.10 Å². The predicted octanol–water partition coefficient (Wildman–Crippen LogP) is 3.34. The third kappa shape index (κ3) is 4.87. The number of allylic oxidation sites excluding steroid dienone is 2. The molecule has 108 valence electrons. The van der Waals surface area contributed by atoms with Crippen LogP contribution in [0.4, 0.5) is 0 Å². The molecule has 0 aliphatic heterocycles. The third-order valence-electron chi connectivity index (χ3n) is 2.87. The van der Waals surface area contributed by atoms with Crippen molar-refractivity contribution in [1.29, 1.82) is 0 Å². The van der Waals surface area contributed by atoms with Gasteiger partial charge in [0.05, 0.1) is 7.11 Å². The fraction of sp³-hybridized carbons (Fsp3) is 0.100. The van der Waals surface area contributed by atoms with E-state index in [1.54, 1.807) is 19.3 Å². The number of methoxy groups -OCH3 is 1. The molecule has 0 saturated heterocycles. The topological polar surface area (TPSA) is 29.5 Å². The van der Waals surface area contributed by atoms with E-state index in [1.807, 2.05) is 54.6 Å². The Morgan fingerprint density at radius 2 is 1.77 bits per heavy atom. The van der Waals surface area contributed by atoms with Gasteiger partial charge in [-0.15, -0.1) is 0 Å². The molecule has 22 heavy (non-hydrogen) atoms. The van der Waals surface area contributed by atoms with E-state index in [9.17, 15) is 5.11 Å². The molecule has 0 spiro atoms. The van der Waals surface area contributed by atoms with Crippen LogP contribution < -0.4 is 4.74 Å². The third-order valence-corrected chi connectivity index (χ3v) is 2.87. The van der Waals surface area contributed by atoms with Crippen molar-refractivity contribution in [3.05, 3.63) is 77.9 Å². The number of aliphatic hydroxyl groups is 1. The van der Waals surface area contributed by atoms with Crippen molar-refractivity contribution >= 4 is 0 Å². The van der Waals surface area contributed by atoms with Crippen molar-refractivity contribution < 1.29 is 9.84 Å². The molecular formula is C20H16O2. The normalized spacial score (nSPS) is 11.0. The molecule has 0 radical (unpaired) electrons. The van der Waals surface area contributed by atoms with Crippen molar-refractivity contribution in [1.82, 2.24) is 0 Å². The fourth-order valence-electron chi connectivity index (χ4n) is 1.75. The highest BCUT2D eigenvalue weighted by Crippen LogP contribution is 2.11. The Labute approximate surface area is 131 Å². The van der Waals surface area contributed by atoms with E-state index in [0.29, 0.717) is 0 Å². The van der Waals surface area contributed by atoms with E-state index >= 15 is 0 Å². The lowest BCUT2D eigenvalue weighted by atomic mass is 10.1. The van der Waals surface area contributed by atoms with Crippen LogP contribution in [-0.4, -0.2) is 12.2 Å². The quantitative estimate of drug-likeness (QED) is 0.859. The lowest BCUT2D eigenvalue weighted by molar-refractivity contribution is 0.238. The number of benzene rings is 2. The average Bonchev–Trinajstić information content (AvgIpc) is 2.58. The van der Waals surface area contributed by atoms with Crippen molar-refractivity contribution in [2.24, 2.45) is 0 Å². The van der Waals surface area contributed by atoms with Gasteiger partial charge in [0.25, 0.3) is 0 Å². The van der Waals surface area contributed by atoms with Gasteiger partial charge in [-0.3, -0.25) is 0 Å². The molecule has 0 saturated carbocycles. The number of rotatable bonds is 2. The maximum Gasteiger partial charge on any atom is 0.140 e. The van der Waals surface area contributed by atoms with Gasteiger partial charge in [-0.1, -0.05) is 60.1 Å². The largest absolute Gasteiger partial charge is 0.497 e. The first-order chi connectivity index (χ1) is 10.8. The monoisotopic (exact) mass is 288 g/mol. The van der Waals surface area contributed by atoms with Gasteiger partial charge in [0.15, 0.2) is 0 Å². The molecule has 0 bridgehead atoms. The maximum atomic E-state index is 9.86. The van der Waals surface area contributed by atoms with Crippen molar-refractivity contribution in [2.75, 3.05) is 7.11 Å². The van der Waals surface area contributed by atoms with E-state index in [2.05, 4.69) is 23.7 Å². The lowest BCUT2D eigenvalue weighted by Crippen LogP contribution is -1.91. The van der Waals surface area contributed by atoms with Crippen molar-refractivity contribution in [2.45, 2.75) is 6.10 Å². The molecule has 2 heteroatoms. The summed E-state index contributed by atoms with van der Waals surface area (Å²) in [6.45, 7) is 0. The summed E-state index contributed by atoms with van der Waals surface area (Å²) in [5.41, 5.74) is 1.66. The van der Waals surface area contributed by atoms with Crippen LogP contribution >= 0.6 is 0 Å². The first-order valence-electron chi connectivity index (χ1n) is 6.84. The molecule has 0 heterocycles. The van der Waals surface area contributed by atoms with Gasteiger partial charge in [-0.2, -0.15) is 0 Å². The average molecular weight is 288 g/mol. The first-order valence-corrected chi connectivity index (χ1v) is 6.84. The summed E-state index contributed by atoms with van der Waals surface area (Å²) in [6.07, 6.45) is 2.50. The van der Waals surface area contributed by atoms with Gasteiger partial charge in [0, 0.05) is 5.56 Å². The minimum absolute atomic E-state index is 0.779. The molecule has 2 rings (SSSR count). The zero-order valence-electron chi connectivity index (χ0n) is 12.3. The molecule has 0 amide bonds. The maximum absolute atomic E-state index is 9.86. The molecular weight excluding hydrogens is 272 g/mol. The molecule has 2 aromatic rings. The number of hydrogen-bond acceptors (Lipinski definition) is 2. The Bertz CT molecular complexity index is 753. The van der Waals surface area contributed by atoms with Crippen molar-refractivity contribution in [3.8, 4) is 29.4 Å². The van der Waals surface area contributed by atoms with Crippen molar-refractivity contribution in [3.63, 3.8) is 0 Å². The second-order valence-electron chi connectivity index (χ2n) is 4.44. The van der Waals surface area contributed by atoms with Gasteiger partial charge in [-0.25, -0.2) is 0 Å². The number of hydrogen-bond donors (Lipinski definition) is 1. The minimum Gasteiger partial charge on any atom is -0.497 e. The first kappa shape index (κ1) is 15.4. The van der Waals surface area contributed by atoms with Gasteiger partial charge in [0.1, 0.15) is 11.9 Å². The predicted molar refractivity (Wildman–Crippen MR) is 88.2 cm³/mol. The molecule has 0 fully saturated rings. The molecule has 1 N–H and O–H groups in total. The Morgan fingerprint density at radius 3 is 2.55 bits per heavy atom. The van der Waals surface area contributed by atoms with Crippen LogP contribution in [0.25, 0.3) is 0 Å². The van der Waals surface area contributed by atoms with Crippen LogP contribution in [-0.2, 0) is 0 Å². The Morgan fingerprint density at radius 1 is 1.00 bits per heavy atom. The zero-order chi connectivity index (χ0) is 15.6. The van der Waals surface area contributed by atoms with Crippen LogP contribution in [0, 0.1) is 23.7 Å². The highest BCUT2D eigenvalue weighted by molar-refractivity contribution is 5.42. The molecule has 2 aromatic carbocycles. The van der Waals surface area contributed by atoms with Crippen LogP contribution in [0.5, 0.6) is 5.75 Å². The molecule has 1 unspecified atom stereocenters. The summed E-state index contributed by atoms with van der Waals surface area (Å²) in [5.74, 6) is 12.2. The molecule has 1 atom stereocenters. The highest BCUT2D eigenvalue weighted by atomic mass is 16.5. The summed E-state index contributed by atoms with van der Waals surface area (Å²) < 4.78 is 5.13. The van der Waals surface area contributed by atoms with Crippen LogP contribution in [0.15, 0.2) is 66.7 Å². The lowest BCUT2D eigenvalue weighted by Gasteiger charge is -2.01. The second-order valence-corrected chi connectivity index (χ2v) is 4.44. The molecule has 0 aromatic heterocycles. The van der Waals surface area contributed by atoms with E-state index in [1.165, 1.54) is 0 Å². The number of aliphatic hydroxyl groups excluding tert-OH is 1. The number of ether oxygens (including phenoxy) is 1. The Kier molecular flexibility index (Phi) is 5.88. The smallest absolute Gasteiger partial charge is 0.140 e. The molecule has 0 aliphatic carbocycles. The summed E-state index contributed by atoms with van der Waals surface area (Å²) in [5, 5.41) is 9.86. The summed E-state index contributed by atoms with van der Waals surface area (Å²) >= 11 is 0. The second kappa shape index (κ2) is 8.37. The summed E-state index contributed by atoms with van der Waals surface area (Å²) in [6, 6.07) is 16.9. The van der Waals surface area contributed by atoms with E-state index in [-0.39, 0.29) is 0 Å². The van der Waals surface area contributed by atoms with Gasteiger partial charge in [0.2, 0.25) is 0 Å². The minimum atomic E-state index is -0.780. The van der Waals surface area contributed by atoms with Gasteiger partial charge >= 0.3 is 0 Å². The molecule has 0 aliphatic rings. The van der Waals surface area contributed by atoms with E-state index in [0.717, 1.165) is 16.9 Å². The Hall–Kier alpha value is -2.94. The van der Waals surface area contributed by atoms with Gasteiger partial charge < -0.3 is 9.84 Å². The van der Waals surface area contributed by atoms with Gasteiger partial charge in [-0.05, 0) is 35.9 Å². The van der Waals surface area contributed by atoms with Crippen LogP contribution in [0.2, 0.25) is 0 Å². The zero-order valence-corrected chi connectivity index (χ0v) is 12.3. The Balaban J connectivity index is 1.94. The SMILES string of the molecule is COc1cccc(C#C/C=C\C#CC(O)c2ccccc2)c1. The van der Waals surface area contributed by atoms with Crippen LogP contribution in [0.1, 0.15) is 17.2 Å². The van der Waals surface area contributed by atoms with Crippen LogP contribution in [0.3, 0.4) is 0 Å². The highest BCUT2D eigenvalue weighted by Gasteiger charge is 1.99. The summed E-state index contributed by atoms with van der Waals surface area (Å²) in [4.78, 5) is 0. The standard InChI is InChI=1S/C20H16O2/c1-22-19-14-9-11-17(16-19)10-5-2-3-8-15-20(21)18-12-6-4-7-13-18/h2-4,6-7,9,11-14,16,20-21H,1H3/b3-2-. The summed E-state index contributed by atoms with van der Waals surface area (Å²) in [7, 11) is 1.63. The fourth-order valence-corrected chi connectivity index (χ4v) is 1.75. The molecule has 2 nitrogen and oxygen atoms in total.